The third kappa shape index (κ3) is 3.67. The highest BCUT2D eigenvalue weighted by atomic mass is 16.6. The molecule has 0 aromatic heterocycles. The summed E-state index contributed by atoms with van der Waals surface area (Å²) in [7, 11) is 1.33. The number of methoxy groups -OCH3 is 1. The average Bonchev–Trinajstić information content (AvgIpc) is 2.97. The van der Waals surface area contributed by atoms with E-state index in [1.807, 2.05) is 25.1 Å². The molecule has 0 saturated carbocycles. The fourth-order valence-corrected chi connectivity index (χ4v) is 2.54. The Bertz CT molecular complexity index is 565. The largest absolute Gasteiger partial charge is 0.464 e. The fourth-order valence-electron chi connectivity index (χ4n) is 2.54. The zero-order chi connectivity index (χ0) is 15.9. The number of ether oxygens (including phenoxy) is 2. The van der Waals surface area contributed by atoms with Crippen molar-refractivity contribution in [3.05, 3.63) is 47.2 Å². The summed E-state index contributed by atoms with van der Waals surface area (Å²) in [4.78, 5) is 25.3. The van der Waals surface area contributed by atoms with Crippen molar-refractivity contribution in [3.8, 4) is 0 Å². The molecule has 1 heterocycles. The van der Waals surface area contributed by atoms with Crippen LogP contribution in [-0.2, 0) is 20.7 Å². The first kappa shape index (κ1) is 16.1. The third-order valence-electron chi connectivity index (χ3n) is 3.73. The Hall–Kier alpha value is -2.30. The van der Waals surface area contributed by atoms with Crippen LogP contribution >= 0.6 is 0 Å². The Morgan fingerprint density at radius 1 is 1.32 bits per heavy atom. The fraction of sp³-hybridized carbons (Fsp3) is 0.412. The highest BCUT2D eigenvalue weighted by molar-refractivity contribution is 5.93. The van der Waals surface area contributed by atoms with Gasteiger partial charge in [-0.15, -0.1) is 0 Å². The van der Waals surface area contributed by atoms with Gasteiger partial charge in [-0.1, -0.05) is 37.3 Å². The molecular weight excluding hydrogens is 282 g/mol. The van der Waals surface area contributed by atoms with E-state index in [-0.39, 0.29) is 0 Å². The second kappa shape index (κ2) is 7.64. The first-order chi connectivity index (χ1) is 10.7. The van der Waals surface area contributed by atoms with E-state index >= 15 is 0 Å². The van der Waals surface area contributed by atoms with E-state index in [1.54, 1.807) is 0 Å². The van der Waals surface area contributed by atoms with Crippen LogP contribution in [0.25, 0.3) is 0 Å². The molecule has 0 spiro atoms. The molecule has 1 aromatic carbocycles. The summed E-state index contributed by atoms with van der Waals surface area (Å²) in [5.41, 5.74) is 2.44. The van der Waals surface area contributed by atoms with E-state index in [1.165, 1.54) is 17.6 Å². The summed E-state index contributed by atoms with van der Waals surface area (Å²) < 4.78 is 9.81. The van der Waals surface area contributed by atoms with Gasteiger partial charge in [0.15, 0.2) is 0 Å². The summed E-state index contributed by atoms with van der Waals surface area (Å²) in [6, 6.07) is 10.1. The first-order valence-electron chi connectivity index (χ1n) is 7.46. The molecule has 5 heteroatoms. The number of nitrogens with zero attached hydrogens (tertiary/aromatic N) is 1. The van der Waals surface area contributed by atoms with Gasteiger partial charge < -0.3 is 9.47 Å². The van der Waals surface area contributed by atoms with Gasteiger partial charge in [-0.25, -0.2) is 9.59 Å². The van der Waals surface area contributed by atoms with Crippen LogP contribution in [0.4, 0.5) is 4.79 Å². The maximum Gasteiger partial charge on any atom is 0.414 e. The first-order valence-corrected chi connectivity index (χ1v) is 7.46. The van der Waals surface area contributed by atoms with Crippen molar-refractivity contribution in [1.29, 1.82) is 0 Å². The number of rotatable bonds is 6. The Morgan fingerprint density at radius 2 is 2.05 bits per heavy atom. The minimum absolute atomic E-state index is 0.301. The Kier molecular flexibility index (Phi) is 5.58. The molecule has 1 aromatic rings. The number of esters is 1. The lowest BCUT2D eigenvalue weighted by Crippen LogP contribution is -2.30. The SMILES string of the molecule is CC/C(CCc1ccccc1)=C(\C(=O)OC)N1CCOC1=O. The van der Waals surface area contributed by atoms with Crippen molar-refractivity contribution in [2.45, 2.75) is 26.2 Å². The van der Waals surface area contributed by atoms with E-state index in [0.29, 0.717) is 31.7 Å². The molecular formula is C17H21NO4. The summed E-state index contributed by atoms with van der Waals surface area (Å²) in [6.07, 6.45) is 1.72. The maximum atomic E-state index is 12.1. The number of amides is 1. The molecule has 1 aliphatic rings. The molecule has 5 nitrogen and oxygen atoms in total. The molecule has 2 rings (SSSR count). The summed E-state index contributed by atoms with van der Waals surface area (Å²) in [5.74, 6) is -0.483. The summed E-state index contributed by atoms with van der Waals surface area (Å²) in [6.45, 7) is 2.66. The third-order valence-corrected chi connectivity index (χ3v) is 3.73. The molecule has 0 aliphatic carbocycles. The zero-order valence-corrected chi connectivity index (χ0v) is 13.0. The molecule has 0 bridgehead atoms. The quantitative estimate of drug-likeness (QED) is 0.599. The van der Waals surface area contributed by atoms with Crippen molar-refractivity contribution in [3.63, 3.8) is 0 Å². The number of allylic oxidation sites excluding steroid dienone is 1. The molecule has 1 fully saturated rings. The van der Waals surface area contributed by atoms with Crippen LogP contribution in [0.15, 0.2) is 41.6 Å². The highest BCUT2D eigenvalue weighted by Gasteiger charge is 2.32. The number of carbonyl (C=O) groups is 2. The van der Waals surface area contributed by atoms with E-state index in [4.69, 9.17) is 9.47 Å². The predicted octanol–water partition coefficient (Wildman–Crippen LogP) is 2.91. The predicted molar refractivity (Wildman–Crippen MR) is 82.2 cm³/mol. The van der Waals surface area contributed by atoms with Gasteiger partial charge in [0.25, 0.3) is 0 Å². The van der Waals surface area contributed by atoms with Crippen molar-refractivity contribution in [2.24, 2.45) is 0 Å². The minimum Gasteiger partial charge on any atom is -0.464 e. The topological polar surface area (TPSA) is 55.8 Å². The van der Waals surface area contributed by atoms with Crippen LogP contribution < -0.4 is 0 Å². The number of hydrogen-bond acceptors (Lipinski definition) is 4. The number of cyclic esters (lactones) is 1. The van der Waals surface area contributed by atoms with Crippen LogP contribution in [0.1, 0.15) is 25.3 Å². The van der Waals surface area contributed by atoms with E-state index in [0.717, 1.165) is 12.0 Å². The second-order valence-electron chi connectivity index (χ2n) is 5.05. The maximum absolute atomic E-state index is 12.1. The molecule has 0 atom stereocenters. The lowest BCUT2D eigenvalue weighted by Gasteiger charge is -2.19. The van der Waals surface area contributed by atoms with Crippen LogP contribution in [0.3, 0.4) is 0 Å². The van der Waals surface area contributed by atoms with Crippen LogP contribution in [0.5, 0.6) is 0 Å². The van der Waals surface area contributed by atoms with Crippen molar-refractivity contribution in [2.75, 3.05) is 20.3 Å². The number of carbonyl (C=O) groups excluding carboxylic acids is 2. The van der Waals surface area contributed by atoms with Gasteiger partial charge in [0.1, 0.15) is 12.3 Å². The molecule has 0 radical (unpaired) electrons. The zero-order valence-electron chi connectivity index (χ0n) is 13.0. The van der Waals surface area contributed by atoms with Gasteiger partial charge in [0.05, 0.1) is 13.7 Å². The smallest absolute Gasteiger partial charge is 0.414 e. The Labute approximate surface area is 130 Å². The Balaban J connectivity index is 2.24. The molecule has 0 N–H and O–H groups in total. The molecule has 0 unspecified atom stereocenters. The molecule has 22 heavy (non-hydrogen) atoms. The molecule has 1 aliphatic heterocycles. The second-order valence-corrected chi connectivity index (χ2v) is 5.05. The molecule has 1 saturated heterocycles. The van der Waals surface area contributed by atoms with Crippen molar-refractivity contribution < 1.29 is 19.1 Å². The van der Waals surface area contributed by atoms with E-state index in [2.05, 4.69) is 12.1 Å². The lowest BCUT2D eigenvalue weighted by molar-refractivity contribution is -0.137. The average molecular weight is 303 g/mol. The van der Waals surface area contributed by atoms with Gasteiger partial charge in [0, 0.05) is 0 Å². The van der Waals surface area contributed by atoms with Crippen LogP contribution in [0, 0.1) is 0 Å². The normalized spacial score (nSPS) is 15.4. The van der Waals surface area contributed by atoms with Gasteiger partial charge in [0.2, 0.25) is 0 Å². The highest BCUT2D eigenvalue weighted by Crippen LogP contribution is 2.23. The standard InChI is InChI=1S/C17H21NO4/c1-3-14(10-9-13-7-5-4-6-8-13)15(16(19)21-2)18-11-12-22-17(18)20/h4-8H,3,9-12H2,1-2H3/b15-14-. The van der Waals surface area contributed by atoms with Gasteiger partial charge >= 0.3 is 12.1 Å². The molecule has 1 amide bonds. The van der Waals surface area contributed by atoms with Crippen LogP contribution in [0.2, 0.25) is 0 Å². The van der Waals surface area contributed by atoms with Crippen LogP contribution in [-0.4, -0.2) is 37.2 Å². The number of benzene rings is 1. The van der Waals surface area contributed by atoms with E-state index in [9.17, 15) is 9.59 Å². The van der Waals surface area contributed by atoms with Gasteiger partial charge in [-0.05, 0) is 30.4 Å². The summed E-state index contributed by atoms with van der Waals surface area (Å²) >= 11 is 0. The number of hydrogen-bond donors (Lipinski definition) is 0. The lowest BCUT2D eigenvalue weighted by atomic mass is 10.0. The Morgan fingerprint density at radius 3 is 2.59 bits per heavy atom. The minimum atomic E-state index is -0.483. The van der Waals surface area contributed by atoms with Gasteiger partial charge in [-0.3, -0.25) is 4.90 Å². The van der Waals surface area contributed by atoms with E-state index < -0.39 is 12.1 Å². The van der Waals surface area contributed by atoms with Crippen molar-refractivity contribution in [1.82, 2.24) is 4.90 Å². The number of aryl methyl sites for hydroxylation is 1. The monoisotopic (exact) mass is 303 g/mol. The summed E-state index contributed by atoms with van der Waals surface area (Å²) in [5, 5.41) is 0. The molecule has 118 valence electrons. The van der Waals surface area contributed by atoms with Gasteiger partial charge in [-0.2, -0.15) is 0 Å². The van der Waals surface area contributed by atoms with Crippen molar-refractivity contribution >= 4 is 12.1 Å².